The SMILES string of the molecule is CNC(=O)[C@@H](C)N(Cc1ccc(Br)cc1)C(=O)Cc1ccc(C)c(C)c1. The highest BCUT2D eigenvalue weighted by Crippen LogP contribution is 2.16. The summed E-state index contributed by atoms with van der Waals surface area (Å²) in [4.78, 5) is 26.8. The maximum Gasteiger partial charge on any atom is 0.242 e. The van der Waals surface area contributed by atoms with Gasteiger partial charge in [-0.3, -0.25) is 9.59 Å². The van der Waals surface area contributed by atoms with E-state index in [0.717, 1.165) is 21.2 Å². The Balaban J connectivity index is 2.23. The summed E-state index contributed by atoms with van der Waals surface area (Å²) in [7, 11) is 1.59. The number of carbonyl (C=O) groups excluding carboxylic acids is 2. The molecule has 1 N–H and O–H groups in total. The minimum Gasteiger partial charge on any atom is -0.357 e. The van der Waals surface area contributed by atoms with Gasteiger partial charge in [0.05, 0.1) is 6.42 Å². The maximum absolute atomic E-state index is 13.0. The predicted octanol–water partition coefficient (Wildman–Crippen LogP) is 3.77. The van der Waals surface area contributed by atoms with Gasteiger partial charge in [-0.15, -0.1) is 0 Å². The van der Waals surface area contributed by atoms with Crippen molar-refractivity contribution in [1.82, 2.24) is 10.2 Å². The predicted molar refractivity (Wildman–Crippen MR) is 108 cm³/mol. The van der Waals surface area contributed by atoms with Gasteiger partial charge in [-0.1, -0.05) is 46.3 Å². The maximum atomic E-state index is 13.0. The van der Waals surface area contributed by atoms with Gasteiger partial charge in [-0.2, -0.15) is 0 Å². The van der Waals surface area contributed by atoms with Crippen LogP contribution in [0.4, 0.5) is 0 Å². The molecule has 0 aromatic heterocycles. The molecule has 0 saturated carbocycles. The van der Waals surface area contributed by atoms with E-state index < -0.39 is 6.04 Å². The molecule has 138 valence electrons. The number of hydrogen-bond donors (Lipinski definition) is 1. The van der Waals surface area contributed by atoms with Gasteiger partial charge in [0.2, 0.25) is 11.8 Å². The Morgan fingerprint density at radius 3 is 2.23 bits per heavy atom. The minimum absolute atomic E-state index is 0.0627. The highest BCUT2D eigenvalue weighted by Gasteiger charge is 2.25. The van der Waals surface area contributed by atoms with Gasteiger partial charge in [-0.25, -0.2) is 0 Å². The molecule has 0 aliphatic heterocycles. The van der Waals surface area contributed by atoms with Crippen molar-refractivity contribution in [2.75, 3.05) is 7.05 Å². The van der Waals surface area contributed by atoms with Crippen LogP contribution >= 0.6 is 15.9 Å². The lowest BCUT2D eigenvalue weighted by Gasteiger charge is -2.28. The Hall–Kier alpha value is -2.14. The molecule has 0 aliphatic rings. The molecule has 0 aliphatic carbocycles. The van der Waals surface area contributed by atoms with Gasteiger partial charge in [0.15, 0.2) is 0 Å². The van der Waals surface area contributed by atoms with Crippen LogP contribution in [0.25, 0.3) is 0 Å². The fourth-order valence-electron chi connectivity index (χ4n) is 2.77. The number of carbonyl (C=O) groups is 2. The Morgan fingerprint density at radius 2 is 1.65 bits per heavy atom. The van der Waals surface area contributed by atoms with Crippen molar-refractivity contribution in [2.45, 2.75) is 39.8 Å². The Bertz CT molecular complexity index is 787. The number of likely N-dealkylation sites (N-methyl/N-ethyl adjacent to an activating group) is 1. The lowest BCUT2D eigenvalue weighted by Crippen LogP contribution is -2.47. The van der Waals surface area contributed by atoms with E-state index in [9.17, 15) is 9.59 Å². The van der Waals surface area contributed by atoms with E-state index in [-0.39, 0.29) is 18.2 Å². The number of nitrogens with one attached hydrogen (secondary N) is 1. The fourth-order valence-corrected chi connectivity index (χ4v) is 3.03. The second-order valence-electron chi connectivity index (χ2n) is 6.53. The summed E-state index contributed by atoms with van der Waals surface area (Å²) in [5, 5.41) is 2.64. The molecule has 0 saturated heterocycles. The van der Waals surface area contributed by atoms with E-state index in [0.29, 0.717) is 6.54 Å². The first kappa shape index (κ1) is 20.2. The van der Waals surface area contributed by atoms with Crippen LogP contribution in [-0.4, -0.2) is 29.8 Å². The molecule has 0 unspecified atom stereocenters. The zero-order valence-corrected chi connectivity index (χ0v) is 17.3. The number of amides is 2. The Kier molecular flexibility index (Phi) is 6.98. The molecular formula is C21H25BrN2O2. The van der Waals surface area contributed by atoms with Crippen LogP contribution in [0.2, 0.25) is 0 Å². The zero-order chi connectivity index (χ0) is 19.3. The highest BCUT2D eigenvalue weighted by atomic mass is 79.9. The van der Waals surface area contributed by atoms with Gasteiger partial charge in [0, 0.05) is 18.1 Å². The van der Waals surface area contributed by atoms with E-state index in [1.54, 1.807) is 18.9 Å². The van der Waals surface area contributed by atoms with Crippen molar-refractivity contribution in [1.29, 1.82) is 0 Å². The van der Waals surface area contributed by atoms with Crippen molar-refractivity contribution >= 4 is 27.7 Å². The van der Waals surface area contributed by atoms with Crippen molar-refractivity contribution in [3.8, 4) is 0 Å². The number of rotatable bonds is 6. The second kappa shape index (κ2) is 8.99. The van der Waals surface area contributed by atoms with Crippen LogP contribution in [0.3, 0.4) is 0 Å². The first-order valence-electron chi connectivity index (χ1n) is 8.63. The number of hydrogen-bond acceptors (Lipinski definition) is 2. The number of nitrogens with zero attached hydrogens (tertiary/aromatic N) is 1. The molecule has 2 rings (SSSR count). The summed E-state index contributed by atoms with van der Waals surface area (Å²) in [5.41, 5.74) is 4.31. The molecular weight excluding hydrogens is 392 g/mol. The second-order valence-corrected chi connectivity index (χ2v) is 7.45. The fraction of sp³-hybridized carbons (Fsp3) is 0.333. The van der Waals surface area contributed by atoms with Crippen LogP contribution in [0.15, 0.2) is 46.9 Å². The highest BCUT2D eigenvalue weighted by molar-refractivity contribution is 9.10. The molecule has 2 aromatic rings. The van der Waals surface area contributed by atoms with E-state index in [4.69, 9.17) is 0 Å². The average molecular weight is 417 g/mol. The zero-order valence-electron chi connectivity index (χ0n) is 15.7. The lowest BCUT2D eigenvalue weighted by atomic mass is 10.0. The largest absolute Gasteiger partial charge is 0.357 e. The van der Waals surface area contributed by atoms with Gasteiger partial charge in [0.1, 0.15) is 6.04 Å². The third-order valence-electron chi connectivity index (χ3n) is 4.61. The minimum atomic E-state index is -0.539. The molecule has 26 heavy (non-hydrogen) atoms. The van der Waals surface area contributed by atoms with Crippen LogP contribution in [0, 0.1) is 13.8 Å². The normalized spacial score (nSPS) is 11.7. The van der Waals surface area contributed by atoms with Crippen LogP contribution in [-0.2, 0) is 22.6 Å². The third kappa shape index (κ3) is 5.18. The van der Waals surface area contributed by atoms with E-state index in [1.807, 2.05) is 49.4 Å². The summed E-state index contributed by atoms with van der Waals surface area (Å²) >= 11 is 3.42. The summed E-state index contributed by atoms with van der Waals surface area (Å²) in [6.45, 7) is 6.24. The monoisotopic (exact) mass is 416 g/mol. The third-order valence-corrected chi connectivity index (χ3v) is 5.14. The molecule has 0 spiro atoms. The topological polar surface area (TPSA) is 49.4 Å². The molecule has 2 amide bonds. The standard InChI is InChI=1S/C21H25BrN2O2/c1-14-5-6-18(11-15(14)2)12-20(25)24(16(3)21(26)23-4)13-17-7-9-19(22)10-8-17/h5-11,16H,12-13H2,1-4H3,(H,23,26)/t16-/m1/s1. The molecule has 0 heterocycles. The molecule has 0 fully saturated rings. The van der Waals surface area contributed by atoms with Gasteiger partial charge >= 0.3 is 0 Å². The summed E-state index contributed by atoms with van der Waals surface area (Å²) in [6, 6.07) is 13.3. The lowest BCUT2D eigenvalue weighted by molar-refractivity contribution is -0.139. The molecule has 4 nitrogen and oxygen atoms in total. The first-order chi connectivity index (χ1) is 12.3. The van der Waals surface area contributed by atoms with E-state index >= 15 is 0 Å². The van der Waals surface area contributed by atoms with Gasteiger partial charge in [-0.05, 0) is 55.2 Å². The molecule has 2 aromatic carbocycles. The van der Waals surface area contributed by atoms with E-state index in [1.165, 1.54) is 5.56 Å². The van der Waals surface area contributed by atoms with Crippen LogP contribution in [0.1, 0.15) is 29.2 Å². The van der Waals surface area contributed by atoms with Crippen molar-refractivity contribution < 1.29 is 9.59 Å². The summed E-state index contributed by atoms with van der Waals surface area (Å²) in [6.07, 6.45) is 0.277. The number of aryl methyl sites for hydroxylation is 2. The van der Waals surface area contributed by atoms with Gasteiger partial charge < -0.3 is 10.2 Å². The number of benzene rings is 2. The van der Waals surface area contributed by atoms with Gasteiger partial charge in [0.25, 0.3) is 0 Å². The number of halogens is 1. The van der Waals surface area contributed by atoms with Crippen molar-refractivity contribution in [3.05, 3.63) is 69.2 Å². The van der Waals surface area contributed by atoms with Crippen molar-refractivity contribution in [2.24, 2.45) is 0 Å². The summed E-state index contributed by atoms with van der Waals surface area (Å²) in [5.74, 6) is -0.233. The average Bonchev–Trinajstić information content (AvgIpc) is 2.63. The molecule has 0 radical (unpaired) electrons. The van der Waals surface area contributed by atoms with Crippen LogP contribution < -0.4 is 5.32 Å². The Labute approximate surface area is 163 Å². The van der Waals surface area contributed by atoms with Crippen LogP contribution in [0.5, 0.6) is 0 Å². The van der Waals surface area contributed by atoms with Crippen molar-refractivity contribution in [3.63, 3.8) is 0 Å². The smallest absolute Gasteiger partial charge is 0.242 e. The molecule has 5 heteroatoms. The van der Waals surface area contributed by atoms with E-state index in [2.05, 4.69) is 28.2 Å². The summed E-state index contributed by atoms with van der Waals surface area (Å²) < 4.78 is 0.980. The molecule has 0 bridgehead atoms. The Morgan fingerprint density at radius 1 is 1.04 bits per heavy atom. The molecule has 1 atom stereocenters. The first-order valence-corrected chi connectivity index (χ1v) is 9.42. The quantitative estimate of drug-likeness (QED) is 0.778.